The summed E-state index contributed by atoms with van der Waals surface area (Å²) < 4.78 is 10.8. The average Bonchev–Trinajstić information content (AvgIpc) is 2.34. The van der Waals surface area contributed by atoms with Crippen LogP contribution in [0.25, 0.3) is 0 Å². The fraction of sp³-hybridized carbons (Fsp3) is 0.846. The summed E-state index contributed by atoms with van der Waals surface area (Å²) in [5.74, 6) is -0.536. The second-order valence-corrected chi connectivity index (χ2v) is 6.66. The van der Waals surface area contributed by atoms with Crippen molar-refractivity contribution < 1.29 is 18.9 Å². The molecule has 3 N–H and O–H groups in total. The van der Waals surface area contributed by atoms with Crippen molar-refractivity contribution in [3.05, 3.63) is 0 Å². The molecule has 7 heteroatoms. The highest BCUT2D eigenvalue weighted by atomic mass is 32.2. The second kappa shape index (κ2) is 10.7. The summed E-state index contributed by atoms with van der Waals surface area (Å²) in [5, 5.41) is 14.3. The van der Waals surface area contributed by atoms with Gasteiger partial charge in [0.25, 0.3) is 0 Å². The molecule has 0 aliphatic carbocycles. The SMILES string of the molecule is CC(CCCC(C)C(=O)O)NC(=O)NCCCS(C)=O. The van der Waals surface area contributed by atoms with Crippen LogP contribution in [0.5, 0.6) is 0 Å². The van der Waals surface area contributed by atoms with Crippen molar-refractivity contribution in [3.63, 3.8) is 0 Å². The van der Waals surface area contributed by atoms with Gasteiger partial charge in [-0.3, -0.25) is 9.00 Å². The number of hydrogen-bond donors (Lipinski definition) is 3. The average molecular weight is 306 g/mol. The first-order valence-corrected chi connectivity index (χ1v) is 8.62. The number of carboxylic acid groups (broad SMARTS) is 1. The zero-order valence-corrected chi connectivity index (χ0v) is 13.3. The molecule has 0 spiro atoms. The zero-order chi connectivity index (χ0) is 15.5. The van der Waals surface area contributed by atoms with Gasteiger partial charge in [0.15, 0.2) is 0 Å². The van der Waals surface area contributed by atoms with Crippen LogP contribution in [0.2, 0.25) is 0 Å². The Hall–Kier alpha value is -1.11. The van der Waals surface area contributed by atoms with Crippen molar-refractivity contribution in [2.45, 2.75) is 45.6 Å². The Labute approximate surface area is 123 Å². The van der Waals surface area contributed by atoms with Gasteiger partial charge in [0.05, 0.1) is 5.92 Å². The predicted molar refractivity (Wildman–Crippen MR) is 80.2 cm³/mol. The van der Waals surface area contributed by atoms with E-state index in [2.05, 4.69) is 10.6 Å². The van der Waals surface area contributed by atoms with Crippen LogP contribution in [0.4, 0.5) is 4.79 Å². The third-order valence-electron chi connectivity index (χ3n) is 2.97. The van der Waals surface area contributed by atoms with Gasteiger partial charge in [-0.1, -0.05) is 13.3 Å². The van der Waals surface area contributed by atoms with E-state index in [1.54, 1.807) is 13.2 Å². The Morgan fingerprint density at radius 1 is 1.20 bits per heavy atom. The topological polar surface area (TPSA) is 95.5 Å². The molecular formula is C13H26N2O4S. The first-order valence-electron chi connectivity index (χ1n) is 6.90. The van der Waals surface area contributed by atoms with Crippen LogP contribution in [-0.2, 0) is 15.6 Å². The van der Waals surface area contributed by atoms with E-state index in [1.807, 2.05) is 6.92 Å². The maximum atomic E-state index is 11.5. The summed E-state index contributed by atoms with van der Waals surface area (Å²) in [4.78, 5) is 22.2. The van der Waals surface area contributed by atoms with Crippen molar-refractivity contribution in [2.75, 3.05) is 18.6 Å². The first kappa shape index (κ1) is 18.9. The smallest absolute Gasteiger partial charge is 0.314 e. The highest BCUT2D eigenvalue weighted by Crippen LogP contribution is 2.09. The van der Waals surface area contributed by atoms with Crippen LogP contribution >= 0.6 is 0 Å². The van der Waals surface area contributed by atoms with E-state index in [-0.39, 0.29) is 18.0 Å². The number of urea groups is 1. The molecule has 0 radical (unpaired) electrons. The van der Waals surface area contributed by atoms with Crippen molar-refractivity contribution in [3.8, 4) is 0 Å². The van der Waals surface area contributed by atoms with Gasteiger partial charge in [0.2, 0.25) is 0 Å². The molecule has 0 saturated carbocycles. The summed E-state index contributed by atoms with van der Waals surface area (Å²) in [6.07, 6.45) is 4.47. The van der Waals surface area contributed by atoms with E-state index in [4.69, 9.17) is 5.11 Å². The number of carbonyl (C=O) groups is 2. The molecule has 0 fully saturated rings. The standard InChI is InChI=1S/C13H26N2O4S/c1-10(12(16)17)6-4-7-11(2)15-13(18)14-8-5-9-20(3)19/h10-11H,4-9H2,1-3H3,(H,16,17)(H2,14,15,18). The molecular weight excluding hydrogens is 280 g/mol. The van der Waals surface area contributed by atoms with Crippen LogP contribution in [0, 0.1) is 5.92 Å². The van der Waals surface area contributed by atoms with Crippen LogP contribution < -0.4 is 10.6 Å². The minimum absolute atomic E-state index is 0.0105. The highest BCUT2D eigenvalue weighted by molar-refractivity contribution is 7.84. The molecule has 0 aromatic carbocycles. The minimum Gasteiger partial charge on any atom is -0.481 e. The zero-order valence-electron chi connectivity index (χ0n) is 12.5. The minimum atomic E-state index is -0.823. The lowest BCUT2D eigenvalue weighted by Gasteiger charge is -2.15. The van der Waals surface area contributed by atoms with E-state index in [9.17, 15) is 13.8 Å². The van der Waals surface area contributed by atoms with Crippen molar-refractivity contribution in [1.29, 1.82) is 0 Å². The molecule has 6 nitrogen and oxygen atoms in total. The van der Waals surface area contributed by atoms with E-state index in [0.717, 1.165) is 12.8 Å². The Morgan fingerprint density at radius 3 is 2.40 bits per heavy atom. The van der Waals surface area contributed by atoms with Crippen molar-refractivity contribution >= 4 is 22.8 Å². The van der Waals surface area contributed by atoms with Gasteiger partial charge in [-0.2, -0.15) is 0 Å². The lowest BCUT2D eigenvalue weighted by Crippen LogP contribution is -2.41. The molecule has 0 aromatic heterocycles. The van der Waals surface area contributed by atoms with Crippen LogP contribution in [0.1, 0.15) is 39.5 Å². The number of aliphatic carboxylic acids is 1. The number of carboxylic acids is 1. The maximum absolute atomic E-state index is 11.5. The molecule has 0 rings (SSSR count). The van der Waals surface area contributed by atoms with Gasteiger partial charge in [-0.15, -0.1) is 0 Å². The summed E-state index contributed by atoms with van der Waals surface area (Å²) in [5.41, 5.74) is 0. The van der Waals surface area contributed by atoms with Crippen molar-refractivity contribution in [1.82, 2.24) is 10.6 Å². The lowest BCUT2D eigenvalue weighted by molar-refractivity contribution is -0.141. The van der Waals surface area contributed by atoms with E-state index >= 15 is 0 Å². The third kappa shape index (κ3) is 10.8. The fourth-order valence-corrected chi connectivity index (χ4v) is 2.23. The van der Waals surface area contributed by atoms with Gasteiger partial charge in [-0.05, 0) is 26.2 Å². The number of amides is 2. The van der Waals surface area contributed by atoms with E-state index < -0.39 is 16.8 Å². The molecule has 0 aliphatic rings. The van der Waals surface area contributed by atoms with Crippen LogP contribution in [0.3, 0.4) is 0 Å². The summed E-state index contributed by atoms with van der Waals surface area (Å²) in [6.45, 7) is 4.09. The molecule has 0 heterocycles. The van der Waals surface area contributed by atoms with Crippen LogP contribution in [0.15, 0.2) is 0 Å². The Bertz CT molecular complexity index is 336. The quantitative estimate of drug-likeness (QED) is 0.531. The van der Waals surface area contributed by atoms with Crippen LogP contribution in [-0.4, -0.2) is 45.9 Å². The maximum Gasteiger partial charge on any atom is 0.314 e. The summed E-state index contributed by atoms with van der Waals surface area (Å²) >= 11 is 0. The Balaban J connectivity index is 3.64. The molecule has 20 heavy (non-hydrogen) atoms. The van der Waals surface area contributed by atoms with Gasteiger partial charge in [0, 0.05) is 35.4 Å². The third-order valence-corrected chi connectivity index (χ3v) is 3.83. The monoisotopic (exact) mass is 306 g/mol. The fourth-order valence-electron chi connectivity index (χ4n) is 1.68. The molecule has 118 valence electrons. The largest absolute Gasteiger partial charge is 0.481 e. The number of rotatable bonds is 10. The molecule has 0 aliphatic heterocycles. The molecule has 0 saturated heterocycles. The second-order valence-electron chi connectivity index (χ2n) is 5.10. The van der Waals surface area contributed by atoms with Gasteiger partial charge >= 0.3 is 12.0 Å². The summed E-state index contributed by atoms with van der Waals surface area (Å²) in [6, 6.07) is -0.220. The molecule has 2 amide bonds. The molecule has 0 bridgehead atoms. The Morgan fingerprint density at radius 2 is 1.85 bits per heavy atom. The Kier molecular flexibility index (Phi) is 10.1. The predicted octanol–water partition coefficient (Wildman–Crippen LogP) is 1.33. The number of nitrogens with one attached hydrogen (secondary N) is 2. The molecule has 3 atom stereocenters. The van der Waals surface area contributed by atoms with Gasteiger partial charge < -0.3 is 15.7 Å². The first-order chi connectivity index (χ1) is 9.32. The molecule has 0 aromatic rings. The lowest BCUT2D eigenvalue weighted by atomic mass is 10.0. The summed E-state index contributed by atoms with van der Waals surface area (Å²) in [7, 11) is -0.823. The van der Waals surface area contributed by atoms with Gasteiger partial charge in [0.1, 0.15) is 0 Å². The normalized spacial score (nSPS) is 15.2. The highest BCUT2D eigenvalue weighted by Gasteiger charge is 2.12. The van der Waals surface area contributed by atoms with E-state index in [1.165, 1.54) is 0 Å². The van der Waals surface area contributed by atoms with E-state index in [0.29, 0.717) is 25.1 Å². The number of carbonyl (C=O) groups excluding carboxylic acids is 1. The van der Waals surface area contributed by atoms with Crippen molar-refractivity contribution in [2.24, 2.45) is 5.92 Å². The van der Waals surface area contributed by atoms with Gasteiger partial charge in [-0.25, -0.2) is 4.79 Å². The number of hydrogen-bond acceptors (Lipinski definition) is 3. The molecule has 3 unspecified atom stereocenters.